The van der Waals surface area contributed by atoms with E-state index in [1.807, 2.05) is 36.4 Å². The van der Waals surface area contributed by atoms with Crippen molar-refractivity contribution in [3.63, 3.8) is 0 Å². The third kappa shape index (κ3) is 4.24. The van der Waals surface area contributed by atoms with Gasteiger partial charge in [-0.15, -0.1) is 0 Å². The molecule has 0 aromatic heterocycles. The minimum atomic E-state index is -0.571. The molecule has 0 atom stereocenters. The first-order valence-corrected chi connectivity index (χ1v) is 8.34. The van der Waals surface area contributed by atoms with Crippen molar-refractivity contribution in [2.75, 3.05) is 13.7 Å². The van der Waals surface area contributed by atoms with Crippen molar-refractivity contribution in [3.05, 3.63) is 76.3 Å². The zero-order valence-electron chi connectivity index (χ0n) is 15.0. The number of amides is 1. The number of ether oxygens (including phenoxy) is 2. The standard InChI is InChI=1S/C20H17N3O5/c1-27-18-11-10-14-6-2-3-7-15(14)16(18)12-21-22-20(24)13-28-19-9-5-4-8-17(19)23(25)26/h2-12H,13H2,1H3,(H,22,24)/b21-12+. The molecule has 8 nitrogen and oxygen atoms in total. The SMILES string of the molecule is COc1ccc2ccccc2c1/C=N/NC(=O)COc1ccccc1[N+](=O)[O-]. The van der Waals surface area contributed by atoms with E-state index in [2.05, 4.69) is 10.5 Å². The van der Waals surface area contributed by atoms with Crippen LogP contribution in [-0.4, -0.2) is 30.8 Å². The van der Waals surface area contributed by atoms with Crippen LogP contribution >= 0.6 is 0 Å². The topological polar surface area (TPSA) is 103 Å². The first-order chi connectivity index (χ1) is 13.6. The van der Waals surface area contributed by atoms with Crippen LogP contribution in [0.1, 0.15) is 5.56 Å². The predicted molar refractivity (Wildman–Crippen MR) is 105 cm³/mol. The largest absolute Gasteiger partial charge is 0.496 e. The van der Waals surface area contributed by atoms with Crippen LogP contribution in [0.4, 0.5) is 5.69 Å². The Hall–Kier alpha value is -3.94. The third-order valence-electron chi connectivity index (χ3n) is 3.95. The fourth-order valence-corrected chi connectivity index (χ4v) is 2.66. The van der Waals surface area contributed by atoms with Crippen LogP contribution in [0.25, 0.3) is 10.8 Å². The highest BCUT2D eigenvalue weighted by atomic mass is 16.6. The zero-order chi connectivity index (χ0) is 19.9. The Kier molecular flexibility index (Phi) is 5.81. The van der Waals surface area contributed by atoms with Gasteiger partial charge in [0.1, 0.15) is 5.75 Å². The van der Waals surface area contributed by atoms with Crippen LogP contribution in [-0.2, 0) is 4.79 Å². The second kappa shape index (κ2) is 8.63. The number of nitrogens with zero attached hydrogens (tertiary/aromatic N) is 2. The molecule has 0 saturated carbocycles. The summed E-state index contributed by atoms with van der Waals surface area (Å²) < 4.78 is 10.6. The van der Waals surface area contributed by atoms with E-state index in [1.54, 1.807) is 13.2 Å². The molecule has 0 aliphatic heterocycles. The van der Waals surface area contributed by atoms with Gasteiger partial charge in [-0.1, -0.05) is 42.5 Å². The van der Waals surface area contributed by atoms with E-state index in [0.717, 1.165) is 16.3 Å². The molecule has 0 spiro atoms. The van der Waals surface area contributed by atoms with E-state index in [-0.39, 0.29) is 11.4 Å². The first kappa shape index (κ1) is 18.8. The van der Waals surface area contributed by atoms with E-state index in [1.165, 1.54) is 24.4 Å². The number of fused-ring (bicyclic) bond motifs is 1. The van der Waals surface area contributed by atoms with Gasteiger partial charge in [0.05, 0.1) is 18.2 Å². The van der Waals surface area contributed by atoms with Crippen LogP contribution < -0.4 is 14.9 Å². The third-order valence-corrected chi connectivity index (χ3v) is 3.95. The minimum Gasteiger partial charge on any atom is -0.496 e. The van der Waals surface area contributed by atoms with Crippen molar-refractivity contribution >= 4 is 28.6 Å². The van der Waals surface area contributed by atoms with Gasteiger partial charge in [0, 0.05) is 11.6 Å². The van der Waals surface area contributed by atoms with E-state index in [0.29, 0.717) is 5.75 Å². The molecular weight excluding hydrogens is 362 g/mol. The number of nitro groups is 1. The molecule has 0 heterocycles. The lowest BCUT2D eigenvalue weighted by Crippen LogP contribution is -2.24. The summed E-state index contributed by atoms with van der Waals surface area (Å²) in [4.78, 5) is 22.3. The molecule has 0 aliphatic carbocycles. The highest BCUT2D eigenvalue weighted by molar-refractivity contribution is 6.02. The van der Waals surface area contributed by atoms with Gasteiger partial charge in [0.15, 0.2) is 12.4 Å². The Morgan fingerprint density at radius 1 is 1.11 bits per heavy atom. The lowest BCUT2D eigenvalue weighted by molar-refractivity contribution is -0.385. The molecule has 0 bridgehead atoms. The van der Waals surface area contributed by atoms with E-state index >= 15 is 0 Å². The summed E-state index contributed by atoms with van der Waals surface area (Å²) in [6, 6.07) is 17.3. The normalized spacial score (nSPS) is 10.8. The Labute approximate surface area is 160 Å². The number of nitrogens with one attached hydrogen (secondary N) is 1. The molecule has 3 aromatic carbocycles. The molecule has 142 valence electrons. The number of nitro benzene ring substituents is 1. The summed E-state index contributed by atoms with van der Waals surface area (Å²) in [7, 11) is 1.56. The van der Waals surface area contributed by atoms with Crippen molar-refractivity contribution in [2.24, 2.45) is 5.10 Å². The molecule has 28 heavy (non-hydrogen) atoms. The van der Waals surface area contributed by atoms with Gasteiger partial charge in [-0.2, -0.15) is 5.10 Å². The van der Waals surface area contributed by atoms with Crippen molar-refractivity contribution < 1.29 is 19.2 Å². The predicted octanol–water partition coefficient (Wildman–Crippen LogP) is 3.29. The van der Waals surface area contributed by atoms with E-state index in [9.17, 15) is 14.9 Å². The van der Waals surface area contributed by atoms with Crippen molar-refractivity contribution in [3.8, 4) is 11.5 Å². The molecule has 3 aromatic rings. The number of hydrogen-bond donors (Lipinski definition) is 1. The van der Waals surface area contributed by atoms with Crippen LogP contribution in [0.2, 0.25) is 0 Å². The summed E-state index contributed by atoms with van der Waals surface area (Å²) in [6.45, 7) is -0.408. The van der Waals surface area contributed by atoms with Gasteiger partial charge >= 0.3 is 5.69 Å². The maximum Gasteiger partial charge on any atom is 0.310 e. The second-order valence-electron chi connectivity index (χ2n) is 5.71. The van der Waals surface area contributed by atoms with Gasteiger partial charge in [0.2, 0.25) is 0 Å². The summed E-state index contributed by atoms with van der Waals surface area (Å²) in [5, 5.41) is 16.8. The van der Waals surface area contributed by atoms with Gasteiger partial charge < -0.3 is 9.47 Å². The van der Waals surface area contributed by atoms with E-state index in [4.69, 9.17) is 9.47 Å². The molecule has 0 fully saturated rings. The van der Waals surface area contributed by atoms with Crippen LogP contribution in [0.3, 0.4) is 0 Å². The minimum absolute atomic E-state index is 0.0161. The number of hydrazone groups is 1. The zero-order valence-corrected chi connectivity index (χ0v) is 15.0. The number of benzene rings is 3. The van der Waals surface area contributed by atoms with Gasteiger partial charge in [-0.25, -0.2) is 5.43 Å². The van der Waals surface area contributed by atoms with Gasteiger partial charge in [0.25, 0.3) is 5.91 Å². The molecule has 0 saturated heterocycles. The van der Waals surface area contributed by atoms with E-state index < -0.39 is 17.4 Å². The Balaban J connectivity index is 1.68. The van der Waals surface area contributed by atoms with Crippen molar-refractivity contribution in [1.82, 2.24) is 5.43 Å². The summed E-state index contributed by atoms with van der Waals surface area (Å²) in [5.74, 6) is 0.0869. The number of carbonyl (C=O) groups is 1. The van der Waals surface area contributed by atoms with Gasteiger partial charge in [-0.3, -0.25) is 14.9 Å². The maximum absolute atomic E-state index is 12.0. The molecule has 0 unspecified atom stereocenters. The van der Waals surface area contributed by atoms with Gasteiger partial charge in [-0.05, 0) is 22.9 Å². The van der Waals surface area contributed by atoms with Crippen molar-refractivity contribution in [1.29, 1.82) is 0 Å². The highest BCUT2D eigenvalue weighted by Gasteiger charge is 2.14. The van der Waals surface area contributed by atoms with Crippen LogP contribution in [0, 0.1) is 10.1 Å². The number of para-hydroxylation sites is 2. The van der Waals surface area contributed by atoms with Crippen LogP contribution in [0.15, 0.2) is 65.8 Å². The quantitative estimate of drug-likeness (QED) is 0.385. The van der Waals surface area contributed by atoms with Crippen LogP contribution in [0.5, 0.6) is 11.5 Å². The molecular formula is C20H17N3O5. The average Bonchev–Trinajstić information content (AvgIpc) is 2.72. The summed E-state index contributed by atoms with van der Waals surface area (Å²) in [5.41, 5.74) is 2.86. The lowest BCUT2D eigenvalue weighted by Gasteiger charge is -2.08. The molecule has 8 heteroatoms. The monoisotopic (exact) mass is 379 g/mol. The number of carbonyl (C=O) groups excluding carboxylic acids is 1. The lowest BCUT2D eigenvalue weighted by atomic mass is 10.0. The number of rotatable bonds is 7. The Morgan fingerprint density at radius 2 is 1.86 bits per heavy atom. The highest BCUT2D eigenvalue weighted by Crippen LogP contribution is 2.27. The number of methoxy groups -OCH3 is 1. The number of hydrogen-bond acceptors (Lipinski definition) is 6. The molecule has 3 rings (SSSR count). The summed E-state index contributed by atoms with van der Waals surface area (Å²) >= 11 is 0. The fraction of sp³-hybridized carbons (Fsp3) is 0.100. The molecule has 0 radical (unpaired) electrons. The Bertz CT molecular complexity index is 1050. The van der Waals surface area contributed by atoms with Crippen molar-refractivity contribution in [2.45, 2.75) is 0 Å². The smallest absolute Gasteiger partial charge is 0.310 e. The molecule has 1 amide bonds. The second-order valence-corrected chi connectivity index (χ2v) is 5.71. The Morgan fingerprint density at radius 3 is 2.64 bits per heavy atom. The fourth-order valence-electron chi connectivity index (χ4n) is 2.66. The average molecular weight is 379 g/mol. The maximum atomic E-state index is 12.0. The first-order valence-electron chi connectivity index (χ1n) is 8.34. The molecule has 1 N–H and O–H groups in total. The molecule has 0 aliphatic rings. The summed E-state index contributed by atoms with van der Waals surface area (Å²) in [6.07, 6.45) is 1.49.